The van der Waals surface area contributed by atoms with E-state index in [4.69, 9.17) is 4.74 Å². The summed E-state index contributed by atoms with van der Waals surface area (Å²) in [6.07, 6.45) is 0. The van der Waals surface area contributed by atoms with Gasteiger partial charge in [0.2, 0.25) is 10.0 Å². The fraction of sp³-hybridized carbons (Fsp3) is 0.381. The molecule has 29 heavy (non-hydrogen) atoms. The van der Waals surface area contributed by atoms with Crippen LogP contribution < -0.4 is 10.1 Å². The van der Waals surface area contributed by atoms with Crippen molar-refractivity contribution < 1.29 is 17.9 Å². The van der Waals surface area contributed by atoms with Crippen LogP contribution in [0.25, 0.3) is 0 Å². The fourth-order valence-electron chi connectivity index (χ4n) is 3.29. The summed E-state index contributed by atoms with van der Waals surface area (Å²) in [5, 5.41) is 2.92. The average molecular weight is 418 g/mol. The van der Waals surface area contributed by atoms with E-state index in [9.17, 15) is 13.2 Å². The van der Waals surface area contributed by atoms with Crippen LogP contribution in [0, 0.1) is 0 Å². The molecule has 1 aliphatic heterocycles. The second-order valence-corrected chi connectivity index (χ2v) is 8.68. The third kappa shape index (κ3) is 5.35. The number of amides is 1. The van der Waals surface area contributed by atoms with Gasteiger partial charge in [0.25, 0.3) is 5.91 Å². The minimum Gasteiger partial charge on any atom is -0.493 e. The zero-order chi connectivity index (χ0) is 20.7. The van der Waals surface area contributed by atoms with Gasteiger partial charge < -0.3 is 10.1 Å². The van der Waals surface area contributed by atoms with Crippen LogP contribution in [-0.2, 0) is 10.0 Å². The van der Waals surface area contributed by atoms with Gasteiger partial charge in [0, 0.05) is 39.3 Å². The van der Waals surface area contributed by atoms with Crippen molar-refractivity contribution in [2.24, 2.45) is 0 Å². The van der Waals surface area contributed by atoms with E-state index in [0.717, 1.165) is 0 Å². The molecule has 8 heteroatoms. The molecule has 0 saturated carbocycles. The van der Waals surface area contributed by atoms with Crippen molar-refractivity contribution >= 4 is 15.9 Å². The van der Waals surface area contributed by atoms with Crippen LogP contribution in [0.1, 0.15) is 17.3 Å². The summed E-state index contributed by atoms with van der Waals surface area (Å²) in [7, 11) is -3.44. The number of hydrogen-bond donors (Lipinski definition) is 1. The summed E-state index contributed by atoms with van der Waals surface area (Å²) in [4.78, 5) is 14.9. The number of nitrogens with one attached hydrogen (secondary N) is 1. The number of sulfonamides is 1. The molecular formula is C21H27N3O4S. The molecule has 0 aromatic heterocycles. The van der Waals surface area contributed by atoms with E-state index in [-0.39, 0.29) is 5.91 Å². The summed E-state index contributed by atoms with van der Waals surface area (Å²) in [6, 6.07) is 15.7. The Morgan fingerprint density at radius 1 is 1.00 bits per heavy atom. The predicted molar refractivity (Wildman–Crippen MR) is 112 cm³/mol. The van der Waals surface area contributed by atoms with E-state index >= 15 is 0 Å². The van der Waals surface area contributed by atoms with Gasteiger partial charge in [-0.05, 0) is 31.2 Å². The second-order valence-electron chi connectivity index (χ2n) is 6.74. The molecule has 3 rings (SSSR count). The lowest BCUT2D eigenvalue weighted by Gasteiger charge is -2.33. The molecule has 2 aromatic rings. The van der Waals surface area contributed by atoms with Crippen LogP contribution in [0.5, 0.6) is 5.75 Å². The quantitative estimate of drug-likeness (QED) is 0.709. The molecule has 1 heterocycles. The van der Waals surface area contributed by atoms with E-state index in [2.05, 4.69) is 10.2 Å². The number of ether oxygens (including phenoxy) is 1. The Bertz CT molecular complexity index is 911. The number of carbonyl (C=O) groups is 1. The minimum absolute atomic E-state index is 0.167. The highest BCUT2D eigenvalue weighted by molar-refractivity contribution is 7.89. The topological polar surface area (TPSA) is 79.0 Å². The van der Waals surface area contributed by atoms with Crippen molar-refractivity contribution in [3.05, 3.63) is 60.2 Å². The molecular weight excluding hydrogens is 390 g/mol. The molecule has 0 unspecified atom stereocenters. The molecule has 1 fully saturated rings. The van der Waals surface area contributed by atoms with E-state index in [1.54, 1.807) is 42.5 Å². The molecule has 1 amide bonds. The first-order valence-corrected chi connectivity index (χ1v) is 11.2. The van der Waals surface area contributed by atoms with Crippen LogP contribution in [0.15, 0.2) is 59.5 Å². The van der Waals surface area contributed by atoms with Gasteiger partial charge in [-0.1, -0.05) is 30.3 Å². The largest absolute Gasteiger partial charge is 0.493 e. The van der Waals surface area contributed by atoms with Crippen molar-refractivity contribution in [3.63, 3.8) is 0 Å². The zero-order valence-electron chi connectivity index (χ0n) is 16.6. The number of rotatable bonds is 8. The van der Waals surface area contributed by atoms with E-state index in [1.807, 2.05) is 19.1 Å². The first-order chi connectivity index (χ1) is 14.0. The molecule has 0 aliphatic carbocycles. The molecule has 0 radical (unpaired) electrons. The highest BCUT2D eigenvalue weighted by Crippen LogP contribution is 2.18. The number of nitrogens with zero attached hydrogens (tertiary/aromatic N) is 2. The van der Waals surface area contributed by atoms with Crippen LogP contribution >= 0.6 is 0 Å². The fourth-order valence-corrected chi connectivity index (χ4v) is 4.74. The lowest BCUT2D eigenvalue weighted by Crippen LogP contribution is -2.50. The summed E-state index contributed by atoms with van der Waals surface area (Å²) in [6.45, 7) is 5.70. The van der Waals surface area contributed by atoms with Gasteiger partial charge in [0.05, 0.1) is 17.1 Å². The molecule has 1 aliphatic rings. The van der Waals surface area contributed by atoms with E-state index in [0.29, 0.717) is 62.1 Å². The molecule has 156 valence electrons. The van der Waals surface area contributed by atoms with Crippen LogP contribution in [0.3, 0.4) is 0 Å². The van der Waals surface area contributed by atoms with Crippen molar-refractivity contribution in [3.8, 4) is 5.75 Å². The van der Waals surface area contributed by atoms with Crippen molar-refractivity contribution in [1.29, 1.82) is 0 Å². The standard InChI is InChI=1S/C21H27N3O4S/c1-2-28-20-11-7-6-10-19(20)21(25)22-12-13-23-14-16-24(17-15-23)29(26,27)18-8-4-3-5-9-18/h3-11H,2,12-17H2,1H3,(H,22,25). The van der Waals surface area contributed by atoms with Gasteiger partial charge in [-0.2, -0.15) is 4.31 Å². The Morgan fingerprint density at radius 3 is 2.34 bits per heavy atom. The zero-order valence-corrected chi connectivity index (χ0v) is 17.4. The van der Waals surface area contributed by atoms with Crippen molar-refractivity contribution in [1.82, 2.24) is 14.5 Å². The Labute approximate surface area is 172 Å². The van der Waals surface area contributed by atoms with Crippen molar-refractivity contribution in [2.75, 3.05) is 45.9 Å². The molecule has 2 aromatic carbocycles. The van der Waals surface area contributed by atoms with Crippen LogP contribution in [-0.4, -0.2) is 69.4 Å². The van der Waals surface area contributed by atoms with Gasteiger partial charge in [-0.3, -0.25) is 9.69 Å². The normalized spacial score (nSPS) is 15.8. The summed E-state index contributed by atoms with van der Waals surface area (Å²) < 4.78 is 32.4. The summed E-state index contributed by atoms with van der Waals surface area (Å²) >= 11 is 0. The number of carbonyl (C=O) groups excluding carboxylic acids is 1. The molecule has 7 nitrogen and oxygen atoms in total. The number of hydrogen-bond acceptors (Lipinski definition) is 5. The molecule has 0 atom stereocenters. The predicted octanol–water partition coefficient (Wildman–Crippen LogP) is 1.82. The van der Waals surface area contributed by atoms with Gasteiger partial charge in [-0.25, -0.2) is 8.42 Å². The maximum Gasteiger partial charge on any atom is 0.255 e. The van der Waals surface area contributed by atoms with Crippen molar-refractivity contribution in [2.45, 2.75) is 11.8 Å². The monoisotopic (exact) mass is 417 g/mol. The third-order valence-electron chi connectivity index (χ3n) is 4.86. The number of benzene rings is 2. The highest BCUT2D eigenvalue weighted by Gasteiger charge is 2.28. The lowest BCUT2D eigenvalue weighted by molar-refractivity contribution is 0.0941. The first-order valence-electron chi connectivity index (χ1n) is 9.80. The first kappa shape index (κ1) is 21.3. The molecule has 0 spiro atoms. The summed E-state index contributed by atoms with van der Waals surface area (Å²) in [5.41, 5.74) is 0.521. The average Bonchev–Trinajstić information content (AvgIpc) is 2.75. The lowest BCUT2D eigenvalue weighted by atomic mass is 10.2. The van der Waals surface area contributed by atoms with Crippen LogP contribution in [0.2, 0.25) is 0 Å². The Balaban J connectivity index is 1.47. The van der Waals surface area contributed by atoms with Gasteiger partial charge in [-0.15, -0.1) is 0 Å². The minimum atomic E-state index is -3.44. The second kappa shape index (κ2) is 9.87. The van der Waals surface area contributed by atoms with Gasteiger partial charge >= 0.3 is 0 Å². The highest BCUT2D eigenvalue weighted by atomic mass is 32.2. The Morgan fingerprint density at radius 2 is 1.66 bits per heavy atom. The molecule has 0 bridgehead atoms. The molecule has 1 saturated heterocycles. The van der Waals surface area contributed by atoms with Gasteiger partial charge in [0.1, 0.15) is 5.75 Å². The number of para-hydroxylation sites is 1. The van der Waals surface area contributed by atoms with Gasteiger partial charge in [0.15, 0.2) is 0 Å². The van der Waals surface area contributed by atoms with Crippen LogP contribution in [0.4, 0.5) is 0 Å². The maximum absolute atomic E-state index is 12.7. The van der Waals surface area contributed by atoms with E-state index in [1.165, 1.54) is 4.31 Å². The maximum atomic E-state index is 12.7. The SMILES string of the molecule is CCOc1ccccc1C(=O)NCCN1CCN(S(=O)(=O)c2ccccc2)CC1. The summed E-state index contributed by atoms with van der Waals surface area (Å²) in [5.74, 6) is 0.409. The number of piperazine rings is 1. The molecule has 1 N–H and O–H groups in total. The van der Waals surface area contributed by atoms with E-state index < -0.39 is 10.0 Å². The Hall–Kier alpha value is -2.42. The smallest absolute Gasteiger partial charge is 0.255 e. The third-order valence-corrected chi connectivity index (χ3v) is 6.77. The Kier molecular flexibility index (Phi) is 7.24.